The van der Waals surface area contributed by atoms with Gasteiger partial charge in [-0.15, -0.1) is 11.3 Å². The summed E-state index contributed by atoms with van der Waals surface area (Å²) in [4.78, 5) is 5.87. The van der Waals surface area contributed by atoms with Crippen LogP contribution < -0.4 is 0 Å². The van der Waals surface area contributed by atoms with Crippen molar-refractivity contribution in [2.75, 3.05) is 0 Å². The third-order valence-corrected chi connectivity index (χ3v) is 14.4. The molecule has 0 atom stereocenters. The van der Waals surface area contributed by atoms with Crippen LogP contribution in [0.25, 0.3) is 125 Å². The van der Waals surface area contributed by atoms with E-state index in [4.69, 9.17) is 4.98 Å². The van der Waals surface area contributed by atoms with Crippen LogP contribution in [-0.2, 0) is 0 Å². The molecule has 0 unspecified atom stereocenters. The molecule has 0 aliphatic carbocycles. The second kappa shape index (κ2) is 13.6. The molecule has 0 saturated carbocycles. The Morgan fingerprint density at radius 2 is 0.781 bits per heavy atom. The molecule has 9 aromatic carbocycles. The van der Waals surface area contributed by atoms with Crippen molar-refractivity contribution in [2.24, 2.45) is 0 Å². The van der Waals surface area contributed by atoms with Crippen LogP contribution in [0.2, 0.25) is 0 Å². The number of para-hydroxylation sites is 6. The van der Waals surface area contributed by atoms with Crippen molar-refractivity contribution in [2.45, 2.75) is 0 Å². The van der Waals surface area contributed by atoms with Crippen molar-refractivity contribution >= 4 is 96.9 Å². The fraction of sp³-hybridized carbons (Fsp3) is 0. The second-order valence-electron chi connectivity index (χ2n) is 16.7. The van der Waals surface area contributed by atoms with Crippen molar-refractivity contribution in [1.29, 1.82) is 0 Å². The minimum Gasteiger partial charge on any atom is -0.309 e. The van der Waals surface area contributed by atoms with Gasteiger partial charge in [0.25, 0.3) is 0 Å². The minimum atomic E-state index is 0.856. The molecule has 14 rings (SSSR count). The van der Waals surface area contributed by atoms with Crippen LogP contribution in [0.3, 0.4) is 0 Å². The smallest absolute Gasteiger partial charge is 0.140 e. The monoisotopic (exact) mass is 832 g/mol. The molecule has 0 aliphatic heterocycles. The average Bonchev–Trinajstić information content (AvgIpc) is 4.10. The third-order valence-electron chi connectivity index (χ3n) is 13.3. The van der Waals surface area contributed by atoms with Gasteiger partial charge in [-0.25, -0.2) is 4.98 Å². The molecule has 0 bridgehead atoms. The molecule has 4 nitrogen and oxygen atoms in total. The summed E-state index contributed by atoms with van der Waals surface area (Å²) >= 11 is 1.86. The van der Waals surface area contributed by atoms with Crippen LogP contribution in [0.1, 0.15) is 0 Å². The molecule has 0 radical (unpaired) electrons. The zero-order valence-corrected chi connectivity index (χ0v) is 35.3. The molecule has 0 fully saturated rings. The maximum Gasteiger partial charge on any atom is 0.140 e. The minimum absolute atomic E-state index is 0.856. The zero-order chi connectivity index (χ0) is 41.9. The van der Waals surface area contributed by atoms with Crippen LogP contribution in [0.15, 0.2) is 218 Å². The molecular formula is C59H36N4S. The summed E-state index contributed by atoms with van der Waals surface area (Å²) in [7, 11) is 0. The Labute approximate surface area is 371 Å². The van der Waals surface area contributed by atoms with Gasteiger partial charge in [0.05, 0.1) is 50.2 Å². The molecule has 5 heteroatoms. The first-order valence-corrected chi connectivity index (χ1v) is 22.6. The standard InChI is InChI=1S/C59H36N4S/c1-8-24-49-40(16-1)41-17-2-9-25-50(41)61(49)38-35-48(60-58(36-38)63-53-28-12-5-20-44(53)45-21-6-13-29-54(45)63)59-39(37-32-33-47-46-22-7-14-31-56(46)64-57(47)34-37)23-15-30-55(59)62-51-26-10-3-18-42(51)43-19-4-11-27-52(43)62/h1-36H. The highest BCUT2D eigenvalue weighted by Crippen LogP contribution is 2.45. The Kier molecular flexibility index (Phi) is 7.53. The van der Waals surface area contributed by atoms with Gasteiger partial charge in [-0.3, -0.25) is 4.57 Å². The molecule has 0 saturated heterocycles. The number of benzene rings is 9. The van der Waals surface area contributed by atoms with Gasteiger partial charge in [0.1, 0.15) is 5.82 Å². The first kappa shape index (κ1) is 35.4. The number of fused-ring (bicyclic) bond motifs is 12. The summed E-state index contributed by atoms with van der Waals surface area (Å²) in [6.45, 7) is 0. The Bertz CT molecular complexity index is 3920. The van der Waals surface area contributed by atoms with Gasteiger partial charge < -0.3 is 9.13 Å². The fourth-order valence-corrected chi connectivity index (χ4v) is 11.7. The fourth-order valence-electron chi connectivity index (χ4n) is 10.6. The zero-order valence-electron chi connectivity index (χ0n) is 34.5. The van der Waals surface area contributed by atoms with E-state index in [1.54, 1.807) is 0 Å². The number of nitrogens with zero attached hydrogens (tertiary/aromatic N) is 4. The van der Waals surface area contributed by atoms with Crippen LogP contribution in [0.4, 0.5) is 0 Å². The Morgan fingerprint density at radius 1 is 0.328 bits per heavy atom. The molecule has 0 amide bonds. The van der Waals surface area contributed by atoms with Gasteiger partial charge in [0.2, 0.25) is 0 Å². The van der Waals surface area contributed by atoms with Gasteiger partial charge in [-0.1, -0.05) is 152 Å². The quantitative estimate of drug-likeness (QED) is 0.170. The Balaban J connectivity index is 1.15. The molecule has 64 heavy (non-hydrogen) atoms. The summed E-state index contributed by atoms with van der Waals surface area (Å²) in [5, 5.41) is 9.86. The lowest BCUT2D eigenvalue weighted by atomic mass is 9.94. The van der Waals surface area contributed by atoms with Crippen LogP contribution in [0.5, 0.6) is 0 Å². The summed E-state index contributed by atoms with van der Waals surface area (Å²) in [5.41, 5.74) is 13.2. The molecule has 0 N–H and O–H groups in total. The van der Waals surface area contributed by atoms with E-state index >= 15 is 0 Å². The van der Waals surface area contributed by atoms with E-state index in [-0.39, 0.29) is 0 Å². The van der Waals surface area contributed by atoms with Crippen molar-refractivity contribution in [3.05, 3.63) is 218 Å². The van der Waals surface area contributed by atoms with Crippen molar-refractivity contribution in [3.63, 3.8) is 0 Å². The van der Waals surface area contributed by atoms with Crippen LogP contribution in [-0.4, -0.2) is 18.7 Å². The first-order valence-electron chi connectivity index (χ1n) is 21.8. The van der Waals surface area contributed by atoms with E-state index in [2.05, 4.69) is 232 Å². The van der Waals surface area contributed by atoms with Crippen molar-refractivity contribution in [3.8, 4) is 39.6 Å². The van der Waals surface area contributed by atoms with Gasteiger partial charge in [0.15, 0.2) is 0 Å². The van der Waals surface area contributed by atoms with Gasteiger partial charge >= 0.3 is 0 Å². The van der Waals surface area contributed by atoms with Crippen molar-refractivity contribution < 1.29 is 0 Å². The largest absolute Gasteiger partial charge is 0.309 e. The molecule has 298 valence electrons. The summed E-state index contributed by atoms with van der Waals surface area (Å²) in [5.74, 6) is 0.856. The molecule has 14 aromatic rings. The number of rotatable bonds is 5. The highest BCUT2D eigenvalue weighted by atomic mass is 32.1. The summed E-state index contributed by atoms with van der Waals surface area (Å²) in [6, 6.07) is 79.7. The number of pyridine rings is 1. The van der Waals surface area contributed by atoms with Crippen molar-refractivity contribution in [1.82, 2.24) is 18.7 Å². The number of thiophene rings is 1. The second-order valence-corrected chi connectivity index (χ2v) is 17.8. The third kappa shape index (κ3) is 5.07. The summed E-state index contributed by atoms with van der Waals surface area (Å²) in [6.07, 6.45) is 0. The van der Waals surface area contributed by atoms with Gasteiger partial charge in [-0.05, 0) is 71.8 Å². The van der Waals surface area contributed by atoms with Crippen LogP contribution in [0, 0.1) is 0 Å². The van der Waals surface area contributed by atoms with E-state index in [1.807, 2.05) is 11.3 Å². The van der Waals surface area contributed by atoms with E-state index in [1.165, 1.54) is 52.5 Å². The maximum absolute atomic E-state index is 5.87. The Hall–Kier alpha value is -8.25. The lowest BCUT2D eigenvalue weighted by Gasteiger charge is -2.20. The SMILES string of the molecule is c1cc(-c2ccc3c(c2)sc2ccccc23)c(-c2cc(-n3c4ccccc4c4ccccc43)cc(-n3c4ccccc4c4ccccc43)n2)c(-n2c3ccccc3c3ccccc32)c1. The molecular weight excluding hydrogens is 797 g/mol. The molecule has 0 aliphatic rings. The van der Waals surface area contributed by atoms with Crippen LogP contribution >= 0.6 is 11.3 Å². The number of hydrogen-bond donors (Lipinski definition) is 0. The van der Waals surface area contributed by atoms with Gasteiger partial charge in [-0.2, -0.15) is 0 Å². The highest BCUT2D eigenvalue weighted by molar-refractivity contribution is 7.25. The first-order chi connectivity index (χ1) is 31.8. The predicted octanol–water partition coefficient (Wildman–Crippen LogP) is 16.1. The van der Waals surface area contributed by atoms with Gasteiger partial charge in [0, 0.05) is 64.1 Å². The number of hydrogen-bond acceptors (Lipinski definition) is 2. The van der Waals surface area contributed by atoms with E-state index in [9.17, 15) is 0 Å². The topological polar surface area (TPSA) is 27.7 Å². The summed E-state index contributed by atoms with van der Waals surface area (Å²) < 4.78 is 9.81. The van der Waals surface area contributed by atoms with E-state index in [0.29, 0.717) is 0 Å². The Morgan fingerprint density at radius 3 is 1.33 bits per heavy atom. The van der Waals surface area contributed by atoms with E-state index < -0.39 is 0 Å². The molecule has 5 heterocycles. The average molecular weight is 833 g/mol. The lowest BCUT2D eigenvalue weighted by Crippen LogP contribution is -2.05. The number of aromatic nitrogens is 4. The normalized spacial score (nSPS) is 12.1. The maximum atomic E-state index is 5.87. The molecule has 0 spiro atoms. The van der Waals surface area contributed by atoms with E-state index in [0.717, 1.165) is 72.7 Å². The lowest BCUT2D eigenvalue weighted by molar-refractivity contribution is 1.06. The highest BCUT2D eigenvalue weighted by Gasteiger charge is 2.24. The predicted molar refractivity (Wildman–Crippen MR) is 271 cm³/mol. The molecule has 5 aromatic heterocycles.